The van der Waals surface area contributed by atoms with Gasteiger partial charge in [0, 0.05) is 12.2 Å². The highest BCUT2D eigenvalue weighted by atomic mass is 19.1. The number of carbonyl (C=O) groups is 1. The lowest BCUT2D eigenvalue weighted by molar-refractivity contribution is -0.148. The van der Waals surface area contributed by atoms with Crippen LogP contribution in [0.4, 0.5) is 4.39 Å². The van der Waals surface area contributed by atoms with Crippen molar-refractivity contribution in [1.29, 1.82) is 0 Å². The second-order valence-electron chi connectivity index (χ2n) is 5.11. The van der Waals surface area contributed by atoms with Crippen molar-refractivity contribution >= 4 is 5.97 Å². The van der Waals surface area contributed by atoms with E-state index in [1.165, 1.54) is 13.2 Å². The molecule has 1 saturated heterocycles. The van der Waals surface area contributed by atoms with Crippen molar-refractivity contribution in [3.8, 4) is 0 Å². The first-order valence-corrected chi connectivity index (χ1v) is 6.84. The molecule has 1 aromatic carbocycles. The fraction of sp³-hybridized carbons (Fsp3) is 0.533. The molecule has 2 rings (SSSR count). The summed E-state index contributed by atoms with van der Waals surface area (Å²) in [6.45, 7) is 1.47. The zero-order valence-corrected chi connectivity index (χ0v) is 11.6. The van der Waals surface area contributed by atoms with E-state index in [2.05, 4.69) is 0 Å². The molecule has 1 unspecified atom stereocenters. The van der Waals surface area contributed by atoms with Crippen LogP contribution < -0.4 is 0 Å². The molecular formula is C15H20FNO3. The Morgan fingerprint density at radius 2 is 2.10 bits per heavy atom. The van der Waals surface area contributed by atoms with Crippen LogP contribution in [0.1, 0.15) is 24.4 Å². The fourth-order valence-electron chi connectivity index (χ4n) is 2.67. The number of likely N-dealkylation sites (tertiary alicyclic amines) is 1. The number of methoxy groups -OCH3 is 1. The maximum absolute atomic E-state index is 14.0. The molecule has 20 heavy (non-hydrogen) atoms. The third-order valence-electron chi connectivity index (χ3n) is 3.90. The van der Waals surface area contributed by atoms with E-state index in [0.29, 0.717) is 18.7 Å². The number of aliphatic hydroxyl groups is 1. The van der Waals surface area contributed by atoms with Crippen LogP contribution in [-0.4, -0.2) is 42.8 Å². The van der Waals surface area contributed by atoms with Crippen LogP contribution in [-0.2, 0) is 9.53 Å². The van der Waals surface area contributed by atoms with Crippen molar-refractivity contribution in [2.24, 2.45) is 5.92 Å². The first-order valence-electron chi connectivity index (χ1n) is 6.84. The minimum Gasteiger partial charge on any atom is -0.468 e. The SMILES string of the molecule is COC(=O)C(c1ccccc1F)N1CCC(CO)CC1. The van der Waals surface area contributed by atoms with Crippen molar-refractivity contribution in [3.63, 3.8) is 0 Å². The van der Waals surface area contributed by atoms with Gasteiger partial charge in [0.15, 0.2) is 0 Å². The van der Waals surface area contributed by atoms with E-state index in [0.717, 1.165) is 12.8 Å². The zero-order valence-electron chi connectivity index (χ0n) is 11.6. The lowest BCUT2D eigenvalue weighted by Gasteiger charge is -2.35. The standard InChI is InChI=1S/C15H20FNO3/c1-20-15(19)14(12-4-2-3-5-13(12)16)17-8-6-11(10-18)7-9-17/h2-5,11,14,18H,6-10H2,1H3. The zero-order chi connectivity index (χ0) is 14.5. The maximum Gasteiger partial charge on any atom is 0.327 e. The van der Waals surface area contributed by atoms with Crippen LogP contribution in [0.15, 0.2) is 24.3 Å². The third-order valence-corrected chi connectivity index (χ3v) is 3.90. The molecule has 1 fully saturated rings. The Hall–Kier alpha value is -1.46. The molecule has 5 heteroatoms. The van der Waals surface area contributed by atoms with E-state index < -0.39 is 17.8 Å². The maximum atomic E-state index is 14.0. The summed E-state index contributed by atoms with van der Waals surface area (Å²) in [4.78, 5) is 14.0. The number of aliphatic hydroxyl groups excluding tert-OH is 1. The number of carbonyl (C=O) groups excluding carboxylic acids is 1. The molecule has 1 aliphatic heterocycles. The van der Waals surface area contributed by atoms with E-state index in [-0.39, 0.29) is 12.5 Å². The largest absolute Gasteiger partial charge is 0.468 e. The Labute approximate surface area is 118 Å². The van der Waals surface area contributed by atoms with Gasteiger partial charge in [0.2, 0.25) is 0 Å². The fourth-order valence-corrected chi connectivity index (χ4v) is 2.67. The van der Waals surface area contributed by atoms with Gasteiger partial charge >= 0.3 is 5.97 Å². The summed E-state index contributed by atoms with van der Waals surface area (Å²) in [5.41, 5.74) is 0.349. The Kier molecular flexibility index (Phi) is 5.09. The molecule has 0 radical (unpaired) electrons. The Bertz CT molecular complexity index is 458. The number of nitrogens with zero attached hydrogens (tertiary/aromatic N) is 1. The normalized spacial score (nSPS) is 18.8. The third kappa shape index (κ3) is 3.16. The highest BCUT2D eigenvalue weighted by Crippen LogP contribution is 2.29. The van der Waals surface area contributed by atoms with Crippen molar-refractivity contribution in [2.45, 2.75) is 18.9 Å². The van der Waals surface area contributed by atoms with Crippen LogP contribution in [0.5, 0.6) is 0 Å². The quantitative estimate of drug-likeness (QED) is 0.854. The van der Waals surface area contributed by atoms with Crippen molar-refractivity contribution < 1.29 is 19.0 Å². The predicted octanol–water partition coefficient (Wildman–Crippen LogP) is 1.74. The van der Waals surface area contributed by atoms with Crippen LogP contribution in [0.2, 0.25) is 0 Å². The molecular weight excluding hydrogens is 261 g/mol. The molecule has 1 N–H and O–H groups in total. The van der Waals surface area contributed by atoms with Crippen LogP contribution >= 0.6 is 0 Å². The van der Waals surface area contributed by atoms with Gasteiger partial charge in [-0.15, -0.1) is 0 Å². The molecule has 0 aromatic heterocycles. The lowest BCUT2D eigenvalue weighted by Crippen LogP contribution is -2.41. The topological polar surface area (TPSA) is 49.8 Å². The summed E-state index contributed by atoms with van der Waals surface area (Å²) in [5.74, 6) is -0.574. The summed E-state index contributed by atoms with van der Waals surface area (Å²) < 4.78 is 18.8. The number of hydrogen-bond donors (Lipinski definition) is 1. The molecule has 1 heterocycles. The number of ether oxygens (including phenoxy) is 1. The molecule has 0 bridgehead atoms. The van der Waals surface area contributed by atoms with Gasteiger partial charge in [-0.3, -0.25) is 4.90 Å². The summed E-state index contributed by atoms with van der Waals surface area (Å²) in [7, 11) is 1.32. The van der Waals surface area contributed by atoms with Gasteiger partial charge in [-0.2, -0.15) is 0 Å². The van der Waals surface area contributed by atoms with E-state index in [9.17, 15) is 9.18 Å². The molecule has 1 aliphatic rings. The second kappa shape index (κ2) is 6.81. The van der Waals surface area contributed by atoms with E-state index in [4.69, 9.17) is 9.84 Å². The molecule has 0 amide bonds. The predicted molar refractivity (Wildman–Crippen MR) is 72.5 cm³/mol. The highest BCUT2D eigenvalue weighted by molar-refractivity contribution is 5.77. The van der Waals surface area contributed by atoms with E-state index in [1.54, 1.807) is 18.2 Å². The minimum atomic E-state index is -0.708. The summed E-state index contributed by atoms with van der Waals surface area (Å²) in [6, 6.07) is 5.58. The first-order chi connectivity index (χ1) is 9.67. The van der Waals surface area contributed by atoms with Crippen molar-refractivity contribution in [3.05, 3.63) is 35.6 Å². The monoisotopic (exact) mass is 281 g/mol. The number of piperidine rings is 1. The number of esters is 1. The smallest absolute Gasteiger partial charge is 0.327 e. The van der Waals surface area contributed by atoms with Gasteiger partial charge in [0.25, 0.3) is 0 Å². The van der Waals surface area contributed by atoms with Gasteiger partial charge in [-0.05, 0) is 37.9 Å². The van der Waals surface area contributed by atoms with Gasteiger partial charge < -0.3 is 9.84 Å². The number of rotatable bonds is 4. The first kappa shape index (κ1) is 14.9. The molecule has 0 spiro atoms. The van der Waals surface area contributed by atoms with Gasteiger partial charge in [-0.25, -0.2) is 9.18 Å². The minimum absolute atomic E-state index is 0.163. The summed E-state index contributed by atoms with van der Waals surface area (Å²) >= 11 is 0. The van der Waals surface area contributed by atoms with Gasteiger partial charge in [0.05, 0.1) is 7.11 Å². The Morgan fingerprint density at radius 3 is 2.65 bits per heavy atom. The average molecular weight is 281 g/mol. The number of benzene rings is 1. The lowest BCUT2D eigenvalue weighted by atomic mass is 9.94. The number of halogens is 1. The Morgan fingerprint density at radius 1 is 1.45 bits per heavy atom. The van der Waals surface area contributed by atoms with Crippen LogP contribution in [0.3, 0.4) is 0 Å². The Balaban J connectivity index is 2.21. The van der Waals surface area contributed by atoms with E-state index >= 15 is 0 Å². The highest BCUT2D eigenvalue weighted by Gasteiger charge is 2.33. The molecule has 1 aromatic rings. The average Bonchev–Trinajstić information content (AvgIpc) is 2.50. The number of hydrogen-bond acceptors (Lipinski definition) is 4. The molecule has 4 nitrogen and oxygen atoms in total. The summed E-state index contributed by atoms with van der Waals surface area (Å²) in [5, 5.41) is 9.16. The molecule has 1 atom stereocenters. The van der Waals surface area contributed by atoms with Crippen molar-refractivity contribution in [2.75, 3.05) is 26.8 Å². The van der Waals surface area contributed by atoms with Crippen LogP contribution in [0, 0.1) is 11.7 Å². The van der Waals surface area contributed by atoms with Crippen molar-refractivity contribution in [1.82, 2.24) is 4.90 Å². The van der Waals surface area contributed by atoms with Crippen LogP contribution in [0.25, 0.3) is 0 Å². The van der Waals surface area contributed by atoms with Gasteiger partial charge in [0.1, 0.15) is 11.9 Å². The molecule has 110 valence electrons. The second-order valence-corrected chi connectivity index (χ2v) is 5.11. The summed E-state index contributed by atoms with van der Waals surface area (Å²) in [6.07, 6.45) is 1.61. The van der Waals surface area contributed by atoms with Gasteiger partial charge in [-0.1, -0.05) is 18.2 Å². The molecule has 0 saturated carbocycles. The molecule has 0 aliphatic carbocycles. The van der Waals surface area contributed by atoms with E-state index in [1.807, 2.05) is 4.90 Å².